The van der Waals surface area contributed by atoms with Crippen LogP contribution in [0.25, 0.3) is 11.6 Å². The molecule has 0 fully saturated rings. The van der Waals surface area contributed by atoms with E-state index in [0.717, 1.165) is 33.6 Å². The SMILES string of the molecule is Cc1c[nH]c(/C=C2\C(=O)Nc3ccc4c(c32)CCOS4=O)c1C. The molecule has 0 spiro atoms. The average Bonchev–Trinajstić information content (AvgIpc) is 3.02. The molecule has 6 heteroatoms. The molecule has 3 heterocycles. The van der Waals surface area contributed by atoms with Gasteiger partial charge in [0.2, 0.25) is 0 Å². The molecule has 1 atom stereocenters. The Balaban J connectivity index is 1.92. The predicted molar refractivity (Wildman–Crippen MR) is 89.3 cm³/mol. The second kappa shape index (κ2) is 5.18. The summed E-state index contributed by atoms with van der Waals surface area (Å²) in [5, 5.41) is 2.90. The minimum absolute atomic E-state index is 0.127. The number of anilines is 1. The van der Waals surface area contributed by atoms with Gasteiger partial charge in [-0.3, -0.25) is 8.98 Å². The Morgan fingerprint density at radius 2 is 2.13 bits per heavy atom. The topological polar surface area (TPSA) is 71.2 Å². The summed E-state index contributed by atoms with van der Waals surface area (Å²) in [5.74, 6) is -0.127. The highest BCUT2D eigenvalue weighted by atomic mass is 32.2. The standard InChI is InChI=1S/C17H16N2O3S/c1-9-8-18-14(10(9)2)7-12-16-11-5-6-22-23(21)15(11)4-3-13(16)19-17(12)20/h3-4,7-8,18H,5-6H2,1-2H3,(H,19,20)/b12-7-. The van der Waals surface area contributed by atoms with E-state index in [0.29, 0.717) is 23.5 Å². The van der Waals surface area contributed by atoms with Crippen molar-refractivity contribution in [1.29, 1.82) is 0 Å². The third-order valence-corrected chi connectivity index (χ3v) is 5.60. The van der Waals surface area contributed by atoms with Gasteiger partial charge in [0.05, 0.1) is 17.1 Å². The van der Waals surface area contributed by atoms with E-state index in [9.17, 15) is 9.00 Å². The van der Waals surface area contributed by atoms with Crippen LogP contribution in [0.5, 0.6) is 0 Å². The number of aryl methyl sites for hydroxylation is 1. The van der Waals surface area contributed by atoms with Crippen molar-refractivity contribution in [2.75, 3.05) is 11.9 Å². The number of aromatic nitrogens is 1. The van der Waals surface area contributed by atoms with Crippen LogP contribution < -0.4 is 5.32 Å². The number of rotatable bonds is 1. The van der Waals surface area contributed by atoms with E-state index in [1.807, 2.05) is 26.1 Å². The van der Waals surface area contributed by atoms with Gasteiger partial charge in [0.1, 0.15) is 0 Å². The van der Waals surface area contributed by atoms with Gasteiger partial charge in [-0.05, 0) is 55.2 Å². The van der Waals surface area contributed by atoms with Gasteiger partial charge in [0, 0.05) is 23.1 Å². The minimum Gasteiger partial charge on any atom is -0.361 e. The predicted octanol–water partition coefficient (Wildman–Crippen LogP) is 2.72. The maximum Gasteiger partial charge on any atom is 0.256 e. The van der Waals surface area contributed by atoms with Crippen molar-refractivity contribution in [3.63, 3.8) is 0 Å². The summed E-state index contributed by atoms with van der Waals surface area (Å²) in [5.41, 5.74) is 6.38. The van der Waals surface area contributed by atoms with Gasteiger partial charge >= 0.3 is 0 Å². The first kappa shape index (κ1) is 14.4. The normalized spacial score (nSPS) is 21.2. The zero-order chi connectivity index (χ0) is 16.1. The average molecular weight is 328 g/mol. The largest absolute Gasteiger partial charge is 0.361 e. The van der Waals surface area contributed by atoms with Crippen molar-refractivity contribution in [2.45, 2.75) is 25.2 Å². The summed E-state index contributed by atoms with van der Waals surface area (Å²) < 4.78 is 17.3. The number of carbonyl (C=O) groups excluding carboxylic acids is 1. The first-order chi connectivity index (χ1) is 11.1. The number of carbonyl (C=O) groups is 1. The number of amides is 1. The maximum atomic E-state index is 12.4. The van der Waals surface area contributed by atoms with E-state index in [1.54, 1.807) is 12.1 Å². The molecule has 1 aromatic carbocycles. The van der Waals surface area contributed by atoms with E-state index < -0.39 is 11.1 Å². The Bertz CT molecular complexity index is 895. The summed E-state index contributed by atoms with van der Waals surface area (Å²) in [4.78, 5) is 16.3. The van der Waals surface area contributed by atoms with Crippen molar-refractivity contribution < 1.29 is 13.2 Å². The van der Waals surface area contributed by atoms with Crippen LogP contribution >= 0.6 is 0 Å². The Hall–Kier alpha value is -2.18. The molecule has 0 aliphatic carbocycles. The highest BCUT2D eigenvalue weighted by molar-refractivity contribution is 7.80. The quantitative estimate of drug-likeness (QED) is 0.791. The second-order valence-electron chi connectivity index (χ2n) is 5.79. The molecule has 0 radical (unpaired) electrons. The number of nitrogens with one attached hydrogen (secondary N) is 2. The molecule has 5 nitrogen and oxygen atoms in total. The van der Waals surface area contributed by atoms with E-state index >= 15 is 0 Å². The molecule has 2 aliphatic rings. The lowest BCUT2D eigenvalue weighted by atomic mass is 9.97. The summed E-state index contributed by atoms with van der Waals surface area (Å²) in [7, 11) is 0. The molecule has 2 aromatic rings. The van der Waals surface area contributed by atoms with E-state index in [2.05, 4.69) is 10.3 Å². The Kier molecular flexibility index (Phi) is 3.25. The van der Waals surface area contributed by atoms with Crippen molar-refractivity contribution >= 4 is 34.3 Å². The zero-order valence-electron chi connectivity index (χ0n) is 12.9. The van der Waals surface area contributed by atoms with Gasteiger partial charge in [-0.15, -0.1) is 0 Å². The Morgan fingerprint density at radius 3 is 2.87 bits per heavy atom. The molecule has 0 saturated carbocycles. The summed E-state index contributed by atoms with van der Waals surface area (Å²) in [6, 6.07) is 3.57. The van der Waals surface area contributed by atoms with Crippen molar-refractivity contribution in [2.24, 2.45) is 0 Å². The molecular formula is C17H16N2O3S. The fourth-order valence-electron chi connectivity index (χ4n) is 3.08. The van der Waals surface area contributed by atoms with Crippen LogP contribution in [-0.4, -0.2) is 21.7 Å². The maximum absolute atomic E-state index is 12.4. The molecule has 1 unspecified atom stereocenters. The van der Waals surface area contributed by atoms with Gasteiger partial charge in [-0.2, -0.15) is 0 Å². The van der Waals surface area contributed by atoms with Crippen LogP contribution in [-0.2, 0) is 26.5 Å². The van der Waals surface area contributed by atoms with Gasteiger partial charge in [-0.1, -0.05) is 0 Å². The molecule has 2 N–H and O–H groups in total. The lowest BCUT2D eigenvalue weighted by Gasteiger charge is -2.18. The Morgan fingerprint density at radius 1 is 1.30 bits per heavy atom. The number of fused-ring (bicyclic) bond motifs is 3. The summed E-state index contributed by atoms with van der Waals surface area (Å²) in [6.07, 6.45) is 4.46. The van der Waals surface area contributed by atoms with E-state index in [-0.39, 0.29) is 5.91 Å². The zero-order valence-corrected chi connectivity index (χ0v) is 13.7. The van der Waals surface area contributed by atoms with Gasteiger partial charge in [0.15, 0.2) is 11.1 Å². The lowest BCUT2D eigenvalue weighted by Crippen LogP contribution is -2.14. The second-order valence-corrected chi connectivity index (χ2v) is 6.94. The molecule has 1 amide bonds. The molecule has 0 saturated heterocycles. The number of H-pyrrole nitrogens is 1. The van der Waals surface area contributed by atoms with Crippen LogP contribution in [0.1, 0.15) is 27.9 Å². The Labute approximate surface area is 136 Å². The van der Waals surface area contributed by atoms with Crippen LogP contribution in [0.15, 0.2) is 23.2 Å². The molecule has 0 bridgehead atoms. The third kappa shape index (κ3) is 2.17. The first-order valence-electron chi connectivity index (χ1n) is 7.45. The van der Waals surface area contributed by atoms with Crippen molar-refractivity contribution in [3.05, 3.63) is 46.3 Å². The van der Waals surface area contributed by atoms with Crippen LogP contribution in [0.3, 0.4) is 0 Å². The fourth-order valence-corrected chi connectivity index (χ4v) is 4.02. The molecule has 118 valence electrons. The smallest absolute Gasteiger partial charge is 0.256 e. The molecule has 1 aromatic heterocycles. The molecular weight excluding hydrogens is 312 g/mol. The van der Waals surface area contributed by atoms with Crippen molar-refractivity contribution in [1.82, 2.24) is 4.98 Å². The number of hydrogen-bond donors (Lipinski definition) is 2. The van der Waals surface area contributed by atoms with Crippen LogP contribution in [0, 0.1) is 13.8 Å². The highest BCUT2D eigenvalue weighted by Gasteiger charge is 2.31. The minimum atomic E-state index is -1.45. The van der Waals surface area contributed by atoms with Crippen LogP contribution in [0.2, 0.25) is 0 Å². The lowest BCUT2D eigenvalue weighted by molar-refractivity contribution is -0.110. The first-order valence-corrected chi connectivity index (χ1v) is 8.52. The van der Waals surface area contributed by atoms with E-state index in [1.165, 1.54) is 0 Å². The molecule has 4 rings (SSSR count). The molecule has 23 heavy (non-hydrogen) atoms. The highest BCUT2D eigenvalue weighted by Crippen LogP contribution is 2.40. The number of aromatic amines is 1. The third-order valence-electron chi connectivity index (χ3n) is 4.48. The van der Waals surface area contributed by atoms with Crippen molar-refractivity contribution in [3.8, 4) is 0 Å². The summed E-state index contributed by atoms with van der Waals surface area (Å²) >= 11 is -1.45. The fraction of sp³-hybridized carbons (Fsp3) is 0.235. The number of benzene rings is 1. The molecule has 2 aliphatic heterocycles. The number of hydrogen-bond acceptors (Lipinski definition) is 3. The van der Waals surface area contributed by atoms with Crippen LogP contribution in [0.4, 0.5) is 5.69 Å². The van der Waals surface area contributed by atoms with Gasteiger partial charge < -0.3 is 10.3 Å². The van der Waals surface area contributed by atoms with Gasteiger partial charge in [0.25, 0.3) is 5.91 Å². The summed E-state index contributed by atoms with van der Waals surface area (Å²) in [6.45, 7) is 4.45. The monoisotopic (exact) mass is 328 g/mol. The van der Waals surface area contributed by atoms with E-state index in [4.69, 9.17) is 4.18 Å². The van der Waals surface area contributed by atoms with Gasteiger partial charge in [-0.25, -0.2) is 4.21 Å².